The second kappa shape index (κ2) is 11.2. The van der Waals surface area contributed by atoms with Crippen LogP contribution in [0.15, 0.2) is 30.3 Å². The number of likely N-dealkylation sites (tertiary alicyclic amines) is 1. The highest BCUT2D eigenvalue weighted by molar-refractivity contribution is 5.85. The number of carbonyl (C=O) groups is 2. The summed E-state index contributed by atoms with van der Waals surface area (Å²) in [6, 6.07) is 9.34. The van der Waals surface area contributed by atoms with Crippen molar-refractivity contribution in [2.75, 3.05) is 26.8 Å². The molecule has 0 aromatic heterocycles. The normalized spacial score (nSPS) is 17.1. The van der Waals surface area contributed by atoms with Gasteiger partial charge in [-0.05, 0) is 24.8 Å². The van der Waals surface area contributed by atoms with E-state index in [9.17, 15) is 9.59 Å². The van der Waals surface area contributed by atoms with E-state index >= 15 is 0 Å². The lowest BCUT2D eigenvalue weighted by Gasteiger charge is -2.35. The molecule has 0 radical (unpaired) electrons. The van der Waals surface area contributed by atoms with Gasteiger partial charge in [0.25, 0.3) is 0 Å². The lowest BCUT2D eigenvalue weighted by Crippen LogP contribution is -2.52. The number of piperidine rings is 1. The summed E-state index contributed by atoms with van der Waals surface area (Å²) < 4.78 is 4.90. The van der Waals surface area contributed by atoms with E-state index in [-0.39, 0.29) is 42.8 Å². The van der Waals surface area contributed by atoms with E-state index in [4.69, 9.17) is 10.5 Å². The Bertz CT molecular complexity index is 562. The number of nitrogens with one attached hydrogen (secondary N) is 1. The number of nitrogens with zero attached hydrogens (tertiary/aromatic N) is 1. The van der Waals surface area contributed by atoms with Gasteiger partial charge in [0.05, 0.1) is 12.5 Å². The Morgan fingerprint density at radius 1 is 1.27 bits per heavy atom. The van der Waals surface area contributed by atoms with Gasteiger partial charge < -0.3 is 20.7 Å². The molecule has 0 saturated carbocycles. The van der Waals surface area contributed by atoms with Crippen LogP contribution in [-0.2, 0) is 14.3 Å². The van der Waals surface area contributed by atoms with Crippen LogP contribution in [0.3, 0.4) is 0 Å². The molecule has 2 amide bonds. The van der Waals surface area contributed by atoms with Crippen molar-refractivity contribution < 1.29 is 14.3 Å². The summed E-state index contributed by atoms with van der Waals surface area (Å²) in [4.78, 5) is 26.7. The highest BCUT2D eigenvalue weighted by atomic mass is 35.5. The second-order valence-electron chi connectivity index (χ2n) is 6.54. The molecule has 1 aromatic carbocycles. The van der Waals surface area contributed by atoms with E-state index in [2.05, 4.69) is 5.32 Å². The molecule has 2 atom stereocenters. The molecule has 2 rings (SSSR count). The average molecular weight is 384 g/mol. The molecule has 1 aliphatic heterocycles. The van der Waals surface area contributed by atoms with Gasteiger partial charge in [-0.25, -0.2) is 0 Å². The number of carbonyl (C=O) groups excluding carboxylic acids is 2. The number of ether oxygens (including phenoxy) is 1. The molecule has 1 aliphatic rings. The number of halogens is 1. The number of hydrogen-bond acceptors (Lipinski definition) is 4. The van der Waals surface area contributed by atoms with E-state index < -0.39 is 6.04 Å². The second-order valence-corrected chi connectivity index (χ2v) is 6.54. The van der Waals surface area contributed by atoms with Crippen molar-refractivity contribution in [1.82, 2.24) is 10.2 Å². The lowest BCUT2D eigenvalue weighted by molar-refractivity contribution is -0.134. The summed E-state index contributed by atoms with van der Waals surface area (Å²) in [5.41, 5.74) is 6.81. The molecule has 1 heterocycles. The largest absolute Gasteiger partial charge is 0.383 e. The Hall–Kier alpha value is -1.63. The van der Waals surface area contributed by atoms with Crippen molar-refractivity contribution in [3.8, 4) is 0 Å². The smallest absolute Gasteiger partial charge is 0.239 e. The van der Waals surface area contributed by atoms with Crippen LogP contribution in [0.2, 0.25) is 0 Å². The summed E-state index contributed by atoms with van der Waals surface area (Å²) in [5, 5.41) is 2.96. The molecule has 146 valence electrons. The van der Waals surface area contributed by atoms with Gasteiger partial charge in [-0.15, -0.1) is 12.4 Å². The van der Waals surface area contributed by atoms with E-state index in [1.54, 1.807) is 0 Å². The van der Waals surface area contributed by atoms with Crippen LogP contribution in [0.5, 0.6) is 0 Å². The molecule has 6 nitrogen and oxygen atoms in total. The zero-order valence-electron chi connectivity index (χ0n) is 15.5. The Kier molecular flexibility index (Phi) is 9.62. The van der Waals surface area contributed by atoms with Crippen LogP contribution in [0.4, 0.5) is 0 Å². The Morgan fingerprint density at radius 2 is 1.88 bits per heavy atom. The fourth-order valence-electron chi connectivity index (χ4n) is 3.27. The van der Waals surface area contributed by atoms with Gasteiger partial charge in [-0.3, -0.25) is 9.59 Å². The quantitative estimate of drug-likeness (QED) is 0.750. The van der Waals surface area contributed by atoms with Crippen molar-refractivity contribution in [1.29, 1.82) is 0 Å². The topological polar surface area (TPSA) is 84.7 Å². The molecular weight excluding hydrogens is 354 g/mol. The molecule has 0 aliphatic carbocycles. The SMILES string of the molecule is CCC(C(=O)N1CCC(NC(=O)C(N)COC)CC1)c1ccccc1.Cl. The standard InChI is InChI=1S/C19H29N3O3.ClH/c1-3-16(14-7-5-4-6-8-14)19(24)22-11-9-15(10-12-22)21-18(23)17(20)13-25-2;/h4-8,15-17H,3,9-13,20H2,1-2H3,(H,21,23);1H. The minimum atomic E-state index is -0.646. The monoisotopic (exact) mass is 383 g/mol. The van der Waals surface area contributed by atoms with Crippen LogP contribution in [0.25, 0.3) is 0 Å². The van der Waals surface area contributed by atoms with Crippen molar-refractivity contribution >= 4 is 24.2 Å². The maximum Gasteiger partial charge on any atom is 0.239 e. The summed E-state index contributed by atoms with van der Waals surface area (Å²) in [5.74, 6) is -0.112. The predicted molar refractivity (Wildman–Crippen MR) is 104 cm³/mol. The molecule has 0 bridgehead atoms. The number of nitrogens with two attached hydrogens (primary N) is 1. The first kappa shape index (κ1) is 22.4. The highest BCUT2D eigenvalue weighted by Gasteiger charge is 2.29. The lowest BCUT2D eigenvalue weighted by atomic mass is 9.93. The van der Waals surface area contributed by atoms with Crippen LogP contribution in [0.1, 0.15) is 37.7 Å². The first-order chi connectivity index (χ1) is 12.1. The van der Waals surface area contributed by atoms with Crippen LogP contribution < -0.4 is 11.1 Å². The fraction of sp³-hybridized carbons (Fsp3) is 0.579. The average Bonchev–Trinajstić information content (AvgIpc) is 2.64. The summed E-state index contributed by atoms with van der Waals surface area (Å²) in [6.07, 6.45) is 2.29. The van der Waals surface area contributed by atoms with Gasteiger partial charge >= 0.3 is 0 Å². The van der Waals surface area contributed by atoms with Gasteiger partial charge in [0, 0.05) is 26.2 Å². The Labute approximate surface area is 161 Å². The van der Waals surface area contributed by atoms with Gasteiger partial charge in [-0.1, -0.05) is 37.3 Å². The first-order valence-electron chi connectivity index (χ1n) is 8.95. The van der Waals surface area contributed by atoms with E-state index in [1.807, 2.05) is 42.2 Å². The Morgan fingerprint density at radius 3 is 2.42 bits per heavy atom. The maximum atomic E-state index is 12.9. The van der Waals surface area contributed by atoms with Crippen LogP contribution in [-0.4, -0.2) is 55.6 Å². The van der Waals surface area contributed by atoms with Crippen molar-refractivity contribution in [3.05, 3.63) is 35.9 Å². The molecule has 1 saturated heterocycles. The predicted octanol–water partition coefficient (Wildman–Crippen LogP) is 1.68. The maximum absolute atomic E-state index is 12.9. The zero-order chi connectivity index (χ0) is 18.2. The van der Waals surface area contributed by atoms with Crippen LogP contribution in [0, 0.1) is 0 Å². The molecule has 1 fully saturated rings. The fourth-order valence-corrected chi connectivity index (χ4v) is 3.27. The first-order valence-corrected chi connectivity index (χ1v) is 8.95. The molecule has 26 heavy (non-hydrogen) atoms. The minimum Gasteiger partial charge on any atom is -0.383 e. The van der Waals surface area contributed by atoms with Crippen LogP contribution >= 0.6 is 12.4 Å². The number of benzene rings is 1. The third-order valence-electron chi connectivity index (χ3n) is 4.74. The van der Waals surface area contributed by atoms with Gasteiger partial charge in [0.15, 0.2) is 0 Å². The highest BCUT2D eigenvalue weighted by Crippen LogP contribution is 2.24. The van der Waals surface area contributed by atoms with Crippen molar-refractivity contribution in [2.45, 2.75) is 44.2 Å². The van der Waals surface area contributed by atoms with Crippen molar-refractivity contribution in [3.63, 3.8) is 0 Å². The summed E-state index contributed by atoms with van der Waals surface area (Å²) in [7, 11) is 1.52. The van der Waals surface area contributed by atoms with Crippen molar-refractivity contribution in [2.24, 2.45) is 5.73 Å². The third kappa shape index (κ3) is 5.97. The molecule has 7 heteroatoms. The molecule has 0 spiro atoms. The molecule has 1 aromatic rings. The summed E-state index contributed by atoms with van der Waals surface area (Å²) in [6.45, 7) is 3.57. The van der Waals surface area contributed by atoms with E-state index in [0.29, 0.717) is 13.1 Å². The van der Waals surface area contributed by atoms with E-state index in [0.717, 1.165) is 24.8 Å². The molecule has 3 N–H and O–H groups in total. The number of methoxy groups -OCH3 is 1. The number of amides is 2. The zero-order valence-corrected chi connectivity index (χ0v) is 16.3. The molecule has 2 unspecified atom stereocenters. The summed E-state index contributed by atoms with van der Waals surface area (Å²) >= 11 is 0. The molecular formula is C19H30ClN3O3. The van der Waals surface area contributed by atoms with Gasteiger partial charge in [-0.2, -0.15) is 0 Å². The number of hydrogen-bond donors (Lipinski definition) is 2. The third-order valence-corrected chi connectivity index (χ3v) is 4.74. The minimum absolute atomic E-state index is 0. The van der Waals surface area contributed by atoms with Gasteiger partial charge in [0.1, 0.15) is 6.04 Å². The number of rotatable bonds is 7. The Balaban J connectivity index is 0.00000338. The van der Waals surface area contributed by atoms with Gasteiger partial charge in [0.2, 0.25) is 11.8 Å². The van der Waals surface area contributed by atoms with E-state index in [1.165, 1.54) is 7.11 Å².